The van der Waals surface area contributed by atoms with Crippen LogP contribution < -0.4 is 0 Å². The third-order valence-electron chi connectivity index (χ3n) is 3.17. The fourth-order valence-corrected chi connectivity index (χ4v) is 1.90. The van der Waals surface area contributed by atoms with E-state index in [0.29, 0.717) is 13.0 Å². The lowest BCUT2D eigenvalue weighted by atomic mass is 10.0. The maximum absolute atomic E-state index is 11.9. The summed E-state index contributed by atoms with van der Waals surface area (Å²) in [6.45, 7) is 4.40. The van der Waals surface area contributed by atoms with Crippen LogP contribution in [0.15, 0.2) is 0 Å². The number of carbonyl (C=O) groups excluding carboxylic acids is 1. The van der Waals surface area contributed by atoms with E-state index in [1.165, 1.54) is 4.90 Å². The molecule has 0 radical (unpaired) electrons. The minimum atomic E-state index is -0.915. The molecule has 1 rings (SSSR count). The van der Waals surface area contributed by atoms with E-state index in [0.717, 1.165) is 19.3 Å². The van der Waals surface area contributed by atoms with Gasteiger partial charge in [0.15, 0.2) is 0 Å². The predicted molar refractivity (Wildman–Crippen MR) is 62.7 cm³/mol. The zero-order chi connectivity index (χ0) is 12.8. The highest BCUT2D eigenvalue weighted by Crippen LogP contribution is 2.17. The SMILES string of the molecule is CCC(C)OCC(=O)N1CCCC[C@@H]1C(=O)O. The van der Waals surface area contributed by atoms with Crippen LogP contribution in [0.3, 0.4) is 0 Å². The van der Waals surface area contributed by atoms with Crippen molar-refractivity contribution in [3.63, 3.8) is 0 Å². The molecule has 0 aromatic rings. The number of nitrogens with zero attached hydrogens (tertiary/aromatic N) is 1. The van der Waals surface area contributed by atoms with E-state index < -0.39 is 12.0 Å². The van der Waals surface area contributed by atoms with Gasteiger partial charge in [0, 0.05) is 6.54 Å². The Labute approximate surface area is 102 Å². The Bertz CT molecular complexity index is 280. The number of likely N-dealkylation sites (tertiary alicyclic amines) is 1. The van der Waals surface area contributed by atoms with E-state index in [4.69, 9.17) is 9.84 Å². The third kappa shape index (κ3) is 4.00. The summed E-state index contributed by atoms with van der Waals surface area (Å²) >= 11 is 0. The Hall–Kier alpha value is -1.10. The summed E-state index contributed by atoms with van der Waals surface area (Å²) in [4.78, 5) is 24.3. The molecule has 1 fully saturated rings. The molecule has 1 heterocycles. The quantitative estimate of drug-likeness (QED) is 0.789. The number of carboxylic acids is 1. The maximum Gasteiger partial charge on any atom is 0.326 e. The van der Waals surface area contributed by atoms with Crippen LogP contribution in [0.25, 0.3) is 0 Å². The molecule has 2 atom stereocenters. The molecule has 1 aliphatic rings. The van der Waals surface area contributed by atoms with Crippen LogP contribution in [0.2, 0.25) is 0 Å². The molecule has 0 bridgehead atoms. The number of carbonyl (C=O) groups is 2. The highest BCUT2D eigenvalue weighted by atomic mass is 16.5. The number of carboxylic acid groups (broad SMARTS) is 1. The topological polar surface area (TPSA) is 66.8 Å². The summed E-state index contributed by atoms with van der Waals surface area (Å²) in [6.07, 6.45) is 3.17. The van der Waals surface area contributed by atoms with Gasteiger partial charge in [0.2, 0.25) is 5.91 Å². The molecule has 0 aliphatic carbocycles. The Morgan fingerprint density at radius 2 is 2.18 bits per heavy atom. The second kappa shape index (κ2) is 6.59. The zero-order valence-electron chi connectivity index (χ0n) is 10.5. The molecular weight excluding hydrogens is 222 g/mol. The predicted octanol–water partition coefficient (Wildman–Crippen LogP) is 1.27. The molecule has 1 saturated heterocycles. The van der Waals surface area contributed by atoms with Crippen molar-refractivity contribution in [1.29, 1.82) is 0 Å². The number of hydrogen-bond donors (Lipinski definition) is 1. The maximum atomic E-state index is 11.9. The monoisotopic (exact) mass is 243 g/mol. The van der Waals surface area contributed by atoms with Crippen molar-refractivity contribution >= 4 is 11.9 Å². The third-order valence-corrected chi connectivity index (χ3v) is 3.17. The number of ether oxygens (including phenoxy) is 1. The average Bonchev–Trinajstić information content (AvgIpc) is 2.35. The summed E-state index contributed by atoms with van der Waals surface area (Å²) in [5, 5.41) is 9.05. The molecule has 1 unspecified atom stereocenters. The first kappa shape index (κ1) is 14.0. The van der Waals surface area contributed by atoms with Crippen LogP contribution in [0.4, 0.5) is 0 Å². The van der Waals surface area contributed by atoms with Gasteiger partial charge in [-0.2, -0.15) is 0 Å². The van der Waals surface area contributed by atoms with Crippen LogP contribution >= 0.6 is 0 Å². The lowest BCUT2D eigenvalue weighted by Gasteiger charge is -2.33. The largest absolute Gasteiger partial charge is 0.480 e. The molecular formula is C12H21NO4. The van der Waals surface area contributed by atoms with Crippen molar-refractivity contribution in [2.75, 3.05) is 13.2 Å². The van der Waals surface area contributed by atoms with Gasteiger partial charge >= 0.3 is 5.97 Å². The molecule has 1 aliphatic heterocycles. The van der Waals surface area contributed by atoms with Gasteiger partial charge in [0.1, 0.15) is 12.6 Å². The normalized spacial score (nSPS) is 22.2. The highest BCUT2D eigenvalue weighted by molar-refractivity contribution is 5.84. The summed E-state index contributed by atoms with van der Waals surface area (Å²) in [6, 6.07) is -0.670. The molecule has 0 aromatic heterocycles. The van der Waals surface area contributed by atoms with Crippen LogP contribution in [0, 0.1) is 0 Å². The molecule has 0 saturated carbocycles. The molecule has 98 valence electrons. The van der Waals surface area contributed by atoms with E-state index in [9.17, 15) is 9.59 Å². The number of amides is 1. The second-order valence-electron chi connectivity index (χ2n) is 4.47. The van der Waals surface area contributed by atoms with Crippen molar-refractivity contribution < 1.29 is 19.4 Å². The number of rotatable bonds is 5. The van der Waals surface area contributed by atoms with E-state index in [-0.39, 0.29) is 18.6 Å². The summed E-state index contributed by atoms with van der Waals surface area (Å²) in [5.74, 6) is -1.13. The lowest BCUT2D eigenvalue weighted by Crippen LogP contribution is -2.49. The van der Waals surface area contributed by atoms with Gasteiger partial charge in [-0.25, -0.2) is 4.79 Å². The minimum Gasteiger partial charge on any atom is -0.480 e. The van der Waals surface area contributed by atoms with Gasteiger partial charge < -0.3 is 14.7 Å². The number of hydrogen-bond acceptors (Lipinski definition) is 3. The fraction of sp³-hybridized carbons (Fsp3) is 0.833. The first-order valence-electron chi connectivity index (χ1n) is 6.20. The van der Waals surface area contributed by atoms with E-state index >= 15 is 0 Å². The Balaban J connectivity index is 2.50. The van der Waals surface area contributed by atoms with Crippen LogP contribution in [-0.2, 0) is 14.3 Å². The molecule has 0 aromatic carbocycles. The molecule has 17 heavy (non-hydrogen) atoms. The Kier molecular flexibility index (Phi) is 5.41. The number of aliphatic carboxylic acids is 1. The van der Waals surface area contributed by atoms with Crippen molar-refractivity contribution in [2.45, 2.75) is 51.7 Å². The van der Waals surface area contributed by atoms with Gasteiger partial charge in [0.25, 0.3) is 0 Å². The van der Waals surface area contributed by atoms with E-state index in [1.54, 1.807) is 0 Å². The molecule has 5 heteroatoms. The van der Waals surface area contributed by atoms with Crippen molar-refractivity contribution in [3.8, 4) is 0 Å². The van der Waals surface area contributed by atoms with Gasteiger partial charge in [-0.1, -0.05) is 6.92 Å². The van der Waals surface area contributed by atoms with Crippen molar-refractivity contribution in [3.05, 3.63) is 0 Å². The van der Waals surface area contributed by atoms with Gasteiger partial charge in [0.05, 0.1) is 6.10 Å². The second-order valence-corrected chi connectivity index (χ2v) is 4.47. The first-order valence-corrected chi connectivity index (χ1v) is 6.20. The van der Waals surface area contributed by atoms with Crippen molar-refractivity contribution in [1.82, 2.24) is 4.90 Å². The number of piperidine rings is 1. The highest BCUT2D eigenvalue weighted by Gasteiger charge is 2.31. The summed E-state index contributed by atoms with van der Waals surface area (Å²) in [5.41, 5.74) is 0. The van der Waals surface area contributed by atoms with Crippen LogP contribution in [-0.4, -0.2) is 47.2 Å². The van der Waals surface area contributed by atoms with Crippen molar-refractivity contribution in [2.24, 2.45) is 0 Å². The average molecular weight is 243 g/mol. The van der Waals surface area contributed by atoms with Gasteiger partial charge in [-0.3, -0.25) is 4.79 Å². The summed E-state index contributed by atoms with van der Waals surface area (Å²) in [7, 11) is 0. The molecule has 1 amide bonds. The Morgan fingerprint density at radius 3 is 2.76 bits per heavy atom. The molecule has 0 spiro atoms. The standard InChI is InChI=1S/C12H21NO4/c1-3-9(2)17-8-11(14)13-7-5-4-6-10(13)12(15)16/h9-10H,3-8H2,1-2H3,(H,15,16)/t9?,10-/m1/s1. The lowest BCUT2D eigenvalue weighted by molar-refractivity contribution is -0.154. The zero-order valence-corrected chi connectivity index (χ0v) is 10.5. The van der Waals surface area contributed by atoms with E-state index in [2.05, 4.69) is 0 Å². The first-order chi connectivity index (χ1) is 8.06. The minimum absolute atomic E-state index is 0.0151. The smallest absolute Gasteiger partial charge is 0.326 e. The van der Waals surface area contributed by atoms with Crippen LogP contribution in [0.1, 0.15) is 39.5 Å². The van der Waals surface area contributed by atoms with E-state index in [1.807, 2.05) is 13.8 Å². The van der Waals surface area contributed by atoms with Gasteiger partial charge in [-0.15, -0.1) is 0 Å². The van der Waals surface area contributed by atoms with Crippen LogP contribution in [0.5, 0.6) is 0 Å². The Morgan fingerprint density at radius 1 is 1.47 bits per heavy atom. The summed E-state index contributed by atoms with van der Waals surface area (Å²) < 4.78 is 5.35. The fourth-order valence-electron chi connectivity index (χ4n) is 1.90. The molecule has 5 nitrogen and oxygen atoms in total. The van der Waals surface area contributed by atoms with Gasteiger partial charge in [-0.05, 0) is 32.6 Å². The molecule has 1 N–H and O–H groups in total.